The first-order valence-electron chi connectivity index (χ1n) is 5.93. The number of carbonyl (C=O) groups is 1. The van der Waals surface area contributed by atoms with Crippen molar-refractivity contribution in [1.82, 2.24) is 5.32 Å². The second-order valence-corrected chi connectivity index (χ2v) is 4.92. The van der Waals surface area contributed by atoms with Gasteiger partial charge in [-0.3, -0.25) is 10.1 Å². The van der Waals surface area contributed by atoms with Crippen LogP contribution < -0.4 is 5.32 Å². The number of fused-ring (bicyclic) bond motifs is 1. The number of phenols is 2. The Hall–Kier alpha value is -1.75. The zero-order valence-corrected chi connectivity index (χ0v) is 10.4. The monoisotopic (exact) mass is 251 g/mol. The minimum atomic E-state index is -0.909. The molecule has 0 aromatic heterocycles. The van der Waals surface area contributed by atoms with Crippen LogP contribution in [-0.2, 0) is 16.8 Å². The number of rotatable bonds is 2. The predicted molar refractivity (Wildman–Crippen MR) is 65.7 cm³/mol. The summed E-state index contributed by atoms with van der Waals surface area (Å²) in [5.41, 5.74) is 1.10. The number of hydrogen-bond acceptors (Lipinski definition) is 4. The molecule has 1 aliphatic heterocycles. The van der Waals surface area contributed by atoms with Gasteiger partial charge in [0.15, 0.2) is 11.5 Å². The third kappa shape index (κ3) is 1.90. The molecule has 2 unspecified atom stereocenters. The summed E-state index contributed by atoms with van der Waals surface area (Å²) in [6.45, 7) is 3.85. The third-order valence-electron chi connectivity index (χ3n) is 3.72. The minimum absolute atomic E-state index is 0.177. The molecule has 0 radical (unpaired) electrons. The summed E-state index contributed by atoms with van der Waals surface area (Å²) in [7, 11) is 0. The predicted octanol–water partition coefficient (Wildman–Crippen LogP) is 1.32. The molecule has 5 heteroatoms. The molecule has 0 amide bonds. The van der Waals surface area contributed by atoms with Crippen molar-refractivity contribution >= 4 is 5.97 Å². The summed E-state index contributed by atoms with van der Waals surface area (Å²) >= 11 is 0. The molecule has 0 saturated carbocycles. The first-order chi connectivity index (χ1) is 8.37. The van der Waals surface area contributed by atoms with Gasteiger partial charge in [-0.2, -0.15) is 0 Å². The molecule has 1 aromatic carbocycles. The van der Waals surface area contributed by atoms with E-state index >= 15 is 0 Å². The van der Waals surface area contributed by atoms with Gasteiger partial charge in [0.1, 0.15) is 6.04 Å². The van der Waals surface area contributed by atoms with E-state index in [1.807, 2.05) is 13.8 Å². The molecule has 18 heavy (non-hydrogen) atoms. The van der Waals surface area contributed by atoms with Crippen molar-refractivity contribution in [3.05, 3.63) is 23.3 Å². The fourth-order valence-corrected chi connectivity index (χ4v) is 2.48. The van der Waals surface area contributed by atoms with E-state index < -0.39 is 17.6 Å². The Morgan fingerprint density at radius 3 is 2.61 bits per heavy atom. The van der Waals surface area contributed by atoms with E-state index in [2.05, 4.69) is 5.32 Å². The summed E-state index contributed by atoms with van der Waals surface area (Å²) < 4.78 is 0. The molecule has 5 nitrogen and oxygen atoms in total. The van der Waals surface area contributed by atoms with Crippen LogP contribution in [0.25, 0.3) is 0 Å². The lowest BCUT2D eigenvalue weighted by Gasteiger charge is -2.39. The Balaban J connectivity index is 2.55. The lowest BCUT2D eigenvalue weighted by atomic mass is 9.79. The number of nitrogens with one attached hydrogen (secondary N) is 1. The van der Waals surface area contributed by atoms with Gasteiger partial charge in [0.25, 0.3) is 0 Å². The molecule has 1 aromatic rings. The second kappa shape index (κ2) is 4.17. The van der Waals surface area contributed by atoms with Gasteiger partial charge in [0, 0.05) is 5.54 Å². The van der Waals surface area contributed by atoms with Crippen molar-refractivity contribution in [2.45, 2.75) is 38.3 Å². The SMILES string of the molecule is CCC1(C)NC(C(=O)O)Cc2cc(O)c(O)cc21. The van der Waals surface area contributed by atoms with E-state index in [1.54, 1.807) is 0 Å². The molecule has 0 fully saturated rings. The Morgan fingerprint density at radius 2 is 2.06 bits per heavy atom. The molecular weight excluding hydrogens is 234 g/mol. The van der Waals surface area contributed by atoms with E-state index in [0.717, 1.165) is 11.1 Å². The highest BCUT2D eigenvalue weighted by Crippen LogP contribution is 2.39. The van der Waals surface area contributed by atoms with E-state index in [0.29, 0.717) is 12.8 Å². The van der Waals surface area contributed by atoms with Gasteiger partial charge in [0.05, 0.1) is 0 Å². The molecule has 1 heterocycles. The smallest absolute Gasteiger partial charge is 0.321 e. The Morgan fingerprint density at radius 1 is 1.44 bits per heavy atom. The van der Waals surface area contributed by atoms with Crippen molar-refractivity contribution in [1.29, 1.82) is 0 Å². The van der Waals surface area contributed by atoms with E-state index in [4.69, 9.17) is 5.11 Å². The molecule has 4 N–H and O–H groups in total. The summed E-state index contributed by atoms with van der Waals surface area (Å²) in [4.78, 5) is 11.1. The number of carboxylic acids is 1. The zero-order valence-electron chi connectivity index (χ0n) is 10.4. The Kier molecular flexibility index (Phi) is 2.94. The van der Waals surface area contributed by atoms with Crippen molar-refractivity contribution < 1.29 is 20.1 Å². The highest BCUT2D eigenvalue weighted by atomic mass is 16.4. The fraction of sp³-hybridized carbons (Fsp3) is 0.462. The molecular formula is C13H17NO4. The maximum absolute atomic E-state index is 11.1. The molecule has 0 saturated heterocycles. The topological polar surface area (TPSA) is 89.8 Å². The highest BCUT2D eigenvalue weighted by molar-refractivity contribution is 5.75. The van der Waals surface area contributed by atoms with Crippen molar-refractivity contribution in [2.75, 3.05) is 0 Å². The van der Waals surface area contributed by atoms with Crippen LogP contribution in [0.3, 0.4) is 0 Å². The number of phenolic OH excluding ortho intramolecular Hbond substituents is 2. The van der Waals surface area contributed by atoms with Gasteiger partial charge in [-0.1, -0.05) is 6.92 Å². The zero-order chi connectivity index (χ0) is 13.5. The first-order valence-corrected chi connectivity index (χ1v) is 5.93. The number of hydrogen-bond donors (Lipinski definition) is 4. The summed E-state index contributed by atoms with van der Waals surface area (Å²) in [5.74, 6) is -1.30. The van der Waals surface area contributed by atoms with Gasteiger partial charge in [-0.25, -0.2) is 0 Å². The van der Waals surface area contributed by atoms with Crippen LogP contribution in [-0.4, -0.2) is 27.3 Å². The summed E-state index contributed by atoms with van der Waals surface area (Å²) in [6, 6.07) is 2.29. The van der Waals surface area contributed by atoms with Gasteiger partial charge in [-0.15, -0.1) is 0 Å². The van der Waals surface area contributed by atoms with Crippen LogP contribution in [0.15, 0.2) is 12.1 Å². The number of benzene rings is 1. The van der Waals surface area contributed by atoms with Gasteiger partial charge in [-0.05, 0) is 43.0 Å². The number of aromatic hydroxyl groups is 2. The van der Waals surface area contributed by atoms with Gasteiger partial charge >= 0.3 is 5.97 Å². The van der Waals surface area contributed by atoms with Crippen molar-refractivity contribution in [2.24, 2.45) is 0 Å². The average molecular weight is 251 g/mol. The number of aliphatic carboxylic acids is 1. The second-order valence-electron chi connectivity index (χ2n) is 4.92. The average Bonchev–Trinajstić information content (AvgIpc) is 2.31. The lowest BCUT2D eigenvalue weighted by Crippen LogP contribution is -2.53. The standard InChI is InChI=1S/C13H17NO4/c1-3-13(2)8-6-11(16)10(15)5-7(8)4-9(14-13)12(17)18/h5-6,9,14-16H,3-4H2,1-2H3,(H,17,18). The molecule has 0 spiro atoms. The summed E-state index contributed by atoms with van der Waals surface area (Å²) in [5, 5.41) is 31.3. The van der Waals surface area contributed by atoms with Crippen LogP contribution in [0.1, 0.15) is 31.4 Å². The lowest BCUT2D eigenvalue weighted by molar-refractivity contribution is -0.140. The van der Waals surface area contributed by atoms with E-state index in [9.17, 15) is 15.0 Å². The van der Waals surface area contributed by atoms with Crippen molar-refractivity contribution in [3.63, 3.8) is 0 Å². The van der Waals surface area contributed by atoms with E-state index in [1.165, 1.54) is 12.1 Å². The van der Waals surface area contributed by atoms with Gasteiger partial charge < -0.3 is 15.3 Å². The summed E-state index contributed by atoms with van der Waals surface area (Å²) in [6.07, 6.45) is 0.988. The molecule has 98 valence electrons. The molecule has 2 atom stereocenters. The Labute approximate surface area is 105 Å². The highest BCUT2D eigenvalue weighted by Gasteiger charge is 2.38. The van der Waals surface area contributed by atoms with Crippen molar-refractivity contribution in [3.8, 4) is 11.5 Å². The molecule has 1 aliphatic rings. The molecule has 2 rings (SSSR count). The van der Waals surface area contributed by atoms with Gasteiger partial charge in [0.2, 0.25) is 0 Å². The van der Waals surface area contributed by atoms with Crippen LogP contribution >= 0.6 is 0 Å². The molecule has 0 aliphatic carbocycles. The van der Waals surface area contributed by atoms with Crippen LogP contribution in [0, 0.1) is 0 Å². The van der Waals surface area contributed by atoms with Crippen LogP contribution in [0.4, 0.5) is 0 Å². The van der Waals surface area contributed by atoms with Crippen LogP contribution in [0.5, 0.6) is 11.5 Å². The third-order valence-corrected chi connectivity index (χ3v) is 3.72. The maximum atomic E-state index is 11.1. The van der Waals surface area contributed by atoms with Crippen LogP contribution in [0.2, 0.25) is 0 Å². The van der Waals surface area contributed by atoms with E-state index in [-0.39, 0.29) is 11.5 Å². The fourth-order valence-electron chi connectivity index (χ4n) is 2.48. The minimum Gasteiger partial charge on any atom is -0.504 e. The Bertz CT molecular complexity index is 500. The molecule has 0 bridgehead atoms. The maximum Gasteiger partial charge on any atom is 0.321 e. The normalized spacial score (nSPS) is 26.7. The first kappa shape index (κ1) is 12.7. The largest absolute Gasteiger partial charge is 0.504 e. The number of carboxylic acid groups (broad SMARTS) is 1. The quantitative estimate of drug-likeness (QED) is 0.595.